The first kappa shape index (κ1) is 17.4. The molecule has 29 heavy (non-hydrogen) atoms. The van der Waals surface area contributed by atoms with Gasteiger partial charge >= 0.3 is 0 Å². The van der Waals surface area contributed by atoms with Gasteiger partial charge in [-0.25, -0.2) is 4.98 Å². The lowest BCUT2D eigenvalue weighted by Crippen LogP contribution is -2.60. The number of aromatic nitrogens is 3. The zero-order chi connectivity index (χ0) is 20.0. The number of rotatable bonds is 3. The lowest BCUT2D eigenvalue weighted by molar-refractivity contribution is 0.0895. The lowest BCUT2D eigenvalue weighted by Gasteiger charge is -2.44. The predicted molar refractivity (Wildman–Crippen MR) is 113 cm³/mol. The van der Waals surface area contributed by atoms with Crippen LogP contribution in [0.3, 0.4) is 0 Å². The van der Waals surface area contributed by atoms with Gasteiger partial charge in [0.2, 0.25) is 0 Å². The van der Waals surface area contributed by atoms with Crippen LogP contribution in [-0.4, -0.2) is 26.1 Å². The van der Waals surface area contributed by atoms with Crippen molar-refractivity contribution in [3.63, 3.8) is 0 Å². The SMILES string of the molecule is CC1(C)NC(=O)c2ccc(-n3ccc4ncccc43)nc2N1Cc1ccccc1. The molecule has 6 heteroatoms. The molecule has 0 spiro atoms. The zero-order valence-corrected chi connectivity index (χ0v) is 16.3. The van der Waals surface area contributed by atoms with Crippen LogP contribution in [0.5, 0.6) is 0 Å². The number of anilines is 1. The number of hydrogen-bond acceptors (Lipinski definition) is 4. The Hall–Kier alpha value is -3.67. The molecule has 1 aliphatic heterocycles. The third kappa shape index (κ3) is 2.93. The molecule has 3 aromatic heterocycles. The van der Waals surface area contributed by atoms with Crippen LogP contribution in [0, 0.1) is 0 Å². The maximum atomic E-state index is 12.7. The highest BCUT2D eigenvalue weighted by Crippen LogP contribution is 2.32. The molecule has 4 aromatic rings. The molecule has 1 amide bonds. The van der Waals surface area contributed by atoms with Crippen LogP contribution in [0.4, 0.5) is 5.82 Å². The highest BCUT2D eigenvalue weighted by molar-refractivity contribution is 6.01. The summed E-state index contributed by atoms with van der Waals surface area (Å²) < 4.78 is 2.00. The minimum Gasteiger partial charge on any atom is -0.330 e. The first-order chi connectivity index (χ1) is 14.0. The van der Waals surface area contributed by atoms with Gasteiger partial charge in [-0.15, -0.1) is 0 Å². The fourth-order valence-corrected chi connectivity index (χ4v) is 3.84. The number of pyridine rings is 2. The van der Waals surface area contributed by atoms with Crippen LogP contribution in [0.2, 0.25) is 0 Å². The van der Waals surface area contributed by atoms with Crippen molar-refractivity contribution in [2.45, 2.75) is 26.1 Å². The average molecular weight is 383 g/mol. The maximum absolute atomic E-state index is 12.7. The second kappa shape index (κ2) is 6.44. The van der Waals surface area contributed by atoms with Crippen molar-refractivity contribution >= 4 is 22.8 Å². The van der Waals surface area contributed by atoms with Gasteiger partial charge in [-0.1, -0.05) is 30.3 Å². The largest absolute Gasteiger partial charge is 0.330 e. The number of fused-ring (bicyclic) bond motifs is 2. The Morgan fingerprint density at radius 2 is 1.83 bits per heavy atom. The molecule has 0 saturated heterocycles. The number of benzene rings is 1. The van der Waals surface area contributed by atoms with Gasteiger partial charge in [0.15, 0.2) is 0 Å². The van der Waals surface area contributed by atoms with E-state index in [2.05, 4.69) is 27.3 Å². The van der Waals surface area contributed by atoms with Crippen LogP contribution in [0.15, 0.2) is 73.1 Å². The van der Waals surface area contributed by atoms with Crippen LogP contribution in [-0.2, 0) is 6.54 Å². The Labute approximate surface area is 168 Å². The Kier molecular flexibility index (Phi) is 3.87. The Balaban J connectivity index is 1.65. The summed E-state index contributed by atoms with van der Waals surface area (Å²) in [6.45, 7) is 4.64. The van der Waals surface area contributed by atoms with Crippen molar-refractivity contribution in [2.24, 2.45) is 0 Å². The molecule has 4 heterocycles. The van der Waals surface area contributed by atoms with Gasteiger partial charge in [0.25, 0.3) is 5.91 Å². The van der Waals surface area contributed by atoms with Crippen molar-refractivity contribution < 1.29 is 4.79 Å². The molecule has 0 bridgehead atoms. The first-order valence-corrected chi connectivity index (χ1v) is 9.60. The molecule has 0 aliphatic carbocycles. The predicted octanol–water partition coefficient (Wildman–Crippen LogP) is 3.91. The van der Waals surface area contributed by atoms with E-state index >= 15 is 0 Å². The van der Waals surface area contributed by atoms with E-state index in [4.69, 9.17) is 4.98 Å². The third-order valence-corrected chi connectivity index (χ3v) is 5.34. The molecule has 0 radical (unpaired) electrons. The summed E-state index contributed by atoms with van der Waals surface area (Å²) in [5, 5.41) is 3.10. The highest BCUT2D eigenvalue weighted by Gasteiger charge is 2.38. The summed E-state index contributed by atoms with van der Waals surface area (Å²) in [6.07, 6.45) is 3.74. The minimum absolute atomic E-state index is 0.104. The normalized spacial score (nSPS) is 15.2. The number of carbonyl (C=O) groups is 1. The van der Waals surface area contributed by atoms with Crippen molar-refractivity contribution in [2.75, 3.05) is 4.90 Å². The summed E-state index contributed by atoms with van der Waals surface area (Å²) in [7, 11) is 0. The van der Waals surface area contributed by atoms with Crippen LogP contribution in [0.1, 0.15) is 29.8 Å². The van der Waals surface area contributed by atoms with Crippen molar-refractivity contribution in [1.82, 2.24) is 19.9 Å². The van der Waals surface area contributed by atoms with E-state index in [-0.39, 0.29) is 5.91 Å². The van der Waals surface area contributed by atoms with Gasteiger partial charge < -0.3 is 10.2 Å². The van der Waals surface area contributed by atoms with Crippen molar-refractivity contribution in [3.05, 3.63) is 84.2 Å². The molecule has 0 fully saturated rings. The second-order valence-electron chi connectivity index (χ2n) is 7.72. The Morgan fingerprint density at radius 1 is 1.00 bits per heavy atom. The summed E-state index contributed by atoms with van der Waals surface area (Å²) in [4.78, 5) is 24.2. The summed E-state index contributed by atoms with van der Waals surface area (Å²) in [6, 6.07) is 19.8. The standard InChI is InChI=1S/C23H21N5O/c1-23(2)26-22(29)17-10-11-20(27-14-12-18-19(27)9-6-13-24-18)25-21(17)28(23)15-16-7-4-3-5-8-16/h3-14H,15H2,1-2H3,(H,26,29). The van der Waals surface area contributed by atoms with E-state index in [1.807, 2.05) is 73.1 Å². The number of amides is 1. The first-order valence-electron chi connectivity index (χ1n) is 9.60. The lowest BCUT2D eigenvalue weighted by atomic mass is 10.0. The second-order valence-corrected chi connectivity index (χ2v) is 7.72. The fourth-order valence-electron chi connectivity index (χ4n) is 3.84. The third-order valence-electron chi connectivity index (χ3n) is 5.34. The smallest absolute Gasteiger partial charge is 0.256 e. The molecule has 6 nitrogen and oxygen atoms in total. The quantitative estimate of drug-likeness (QED) is 0.583. The highest BCUT2D eigenvalue weighted by atomic mass is 16.2. The Morgan fingerprint density at radius 3 is 2.66 bits per heavy atom. The van der Waals surface area contributed by atoms with Gasteiger partial charge in [-0.3, -0.25) is 14.3 Å². The van der Waals surface area contributed by atoms with E-state index in [0.717, 1.165) is 22.4 Å². The molecule has 1 N–H and O–H groups in total. The van der Waals surface area contributed by atoms with Crippen molar-refractivity contribution in [3.8, 4) is 5.82 Å². The molecular formula is C23H21N5O. The zero-order valence-electron chi connectivity index (χ0n) is 16.3. The average Bonchev–Trinajstić information content (AvgIpc) is 3.15. The van der Waals surface area contributed by atoms with Gasteiger partial charge in [0.1, 0.15) is 17.3 Å². The van der Waals surface area contributed by atoms with Gasteiger partial charge in [-0.05, 0) is 49.7 Å². The monoisotopic (exact) mass is 383 g/mol. The summed E-state index contributed by atoms with van der Waals surface area (Å²) in [5.74, 6) is 1.34. The Bertz CT molecular complexity index is 1210. The molecular weight excluding hydrogens is 362 g/mol. The number of nitrogens with one attached hydrogen (secondary N) is 1. The molecule has 5 rings (SSSR count). The van der Waals surface area contributed by atoms with E-state index in [1.54, 1.807) is 6.20 Å². The van der Waals surface area contributed by atoms with Crippen LogP contribution < -0.4 is 10.2 Å². The van der Waals surface area contributed by atoms with Gasteiger partial charge in [0.05, 0.1) is 16.6 Å². The van der Waals surface area contributed by atoms with E-state index in [0.29, 0.717) is 17.9 Å². The van der Waals surface area contributed by atoms with E-state index in [1.165, 1.54) is 0 Å². The fraction of sp³-hybridized carbons (Fsp3) is 0.174. The summed E-state index contributed by atoms with van der Waals surface area (Å²) in [5.41, 5.74) is 3.07. The minimum atomic E-state index is -0.564. The van der Waals surface area contributed by atoms with Gasteiger partial charge in [-0.2, -0.15) is 0 Å². The van der Waals surface area contributed by atoms with Crippen LogP contribution in [0.25, 0.3) is 16.9 Å². The molecule has 144 valence electrons. The molecule has 0 atom stereocenters. The number of nitrogens with zero attached hydrogens (tertiary/aromatic N) is 4. The molecule has 1 aromatic carbocycles. The summed E-state index contributed by atoms with van der Waals surface area (Å²) >= 11 is 0. The topological polar surface area (TPSA) is 63.1 Å². The molecule has 0 unspecified atom stereocenters. The molecule has 0 saturated carbocycles. The van der Waals surface area contributed by atoms with Gasteiger partial charge in [0, 0.05) is 18.9 Å². The number of carbonyl (C=O) groups excluding carboxylic acids is 1. The van der Waals surface area contributed by atoms with E-state index in [9.17, 15) is 4.79 Å². The van der Waals surface area contributed by atoms with E-state index < -0.39 is 5.66 Å². The molecule has 1 aliphatic rings. The number of hydrogen-bond donors (Lipinski definition) is 1. The van der Waals surface area contributed by atoms with Crippen molar-refractivity contribution in [1.29, 1.82) is 0 Å². The maximum Gasteiger partial charge on any atom is 0.256 e. The van der Waals surface area contributed by atoms with Crippen LogP contribution >= 0.6 is 0 Å².